The molecular formula is C24H23FIN3O4. The van der Waals surface area contributed by atoms with Crippen molar-refractivity contribution in [3.05, 3.63) is 86.9 Å². The van der Waals surface area contributed by atoms with Crippen LogP contribution in [-0.4, -0.2) is 37.1 Å². The maximum Gasteiger partial charge on any atom is 0.344 e. The van der Waals surface area contributed by atoms with E-state index < -0.39 is 11.8 Å². The van der Waals surface area contributed by atoms with Gasteiger partial charge in [-0.1, -0.05) is 30.3 Å². The summed E-state index contributed by atoms with van der Waals surface area (Å²) in [5.74, 6) is -0.584. The Kier molecular flexibility index (Phi) is 8.99. The van der Waals surface area contributed by atoms with Crippen LogP contribution in [0.5, 0.6) is 5.75 Å². The van der Waals surface area contributed by atoms with E-state index in [1.165, 1.54) is 24.3 Å². The molecule has 0 radical (unpaired) electrons. The van der Waals surface area contributed by atoms with Crippen molar-refractivity contribution >= 4 is 40.3 Å². The molecule has 0 atom stereocenters. The van der Waals surface area contributed by atoms with E-state index in [0.717, 1.165) is 5.56 Å². The van der Waals surface area contributed by atoms with Gasteiger partial charge in [-0.15, -0.1) is 0 Å². The third-order valence-electron chi connectivity index (χ3n) is 4.69. The number of hydrogen-bond donors (Lipinski definition) is 2. The molecule has 3 rings (SSSR count). The fourth-order valence-corrected chi connectivity index (χ4v) is 3.59. The van der Waals surface area contributed by atoms with Gasteiger partial charge in [0.15, 0.2) is 6.61 Å². The maximum atomic E-state index is 13.0. The van der Waals surface area contributed by atoms with Crippen molar-refractivity contribution in [1.82, 2.24) is 10.3 Å². The molecule has 0 aliphatic rings. The summed E-state index contributed by atoms with van der Waals surface area (Å²) in [5.41, 5.74) is 1.98. The van der Waals surface area contributed by atoms with Crippen molar-refractivity contribution in [2.45, 2.75) is 13.0 Å². The molecule has 3 aromatic rings. The van der Waals surface area contributed by atoms with Gasteiger partial charge in [-0.3, -0.25) is 4.79 Å². The average Bonchev–Trinajstić information content (AvgIpc) is 2.83. The van der Waals surface area contributed by atoms with Gasteiger partial charge in [0.2, 0.25) is 0 Å². The van der Waals surface area contributed by atoms with E-state index in [0.29, 0.717) is 39.2 Å². The number of amides is 1. The Balaban J connectivity index is 1.63. The number of rotatable bonds is 10. The minimum atomic E-state index is -0.617. The van der Waals surface area contributed by atoms with Gasteiger partial charge < -0.3 is 20.1 Å². The van der Waals surface area contributed by atoms with E-state index in [-0.39, 0.29) is 19.1 Å². The molecule has 0 unspecified atom stereocenters. The van der Waals surface area contributed by atoms with E-state index in [1.807, 2.05) is 30.3 Å². The van der Waals surface area contributed by atoms with Crippen molar-refractivity contribution in [3.63, 3.8) is 0 Å². The molecule has 1 amide bonds. The van der Waals surface area contributed by atoms with Crippen LogP contribution in [0.15, 0.2) is 60.8 Å². The molecule has 0 saturated carbocycles. The number of halogens is 2. The van der Waals surface area contributed by atoms with Crippen LogP contribution >= 0.6 is 22.6 Å². The van der Waals surface area contributed by atoms with E-state index >= 15 is 0 Å². The fourth-order valence-electron chi connectivity index (χ4n) is 3.02. The minimum absolute atomic E-state index is 0.122. The summed E-state index contributed by atoms with van der Waals surface area (Å²) in [7, 11) is 1.67. The topological polar surface area (TPSA) is 89.6 Å². The Morgan fingerprint density at radius 2 is 1.82 bits per heavy atom. The Morgan fingerprint density at radius 1 is 1.09 bits per heavy atom. The molecule has 0 aliphatic carbocycles. The predicted octanol–water partition coefficient (Wildman–Crippen LogP) is 3.96. The Morgan fingerprint density at radius 3 is 2.52 bits per heavy atom. The number of nitrogens with zero attached hydrogens (tertiary/aromatic N) is 1. The van der Waals surface area contributed by atoms with Gasteiger partial charge in [-0.2, -0.15) is 0 Å². The molecule has 1 heterocycles. The molecule has 2 aromatic carbocycles. The molecule has 33 heavy (non-hydrogen) atoms. The van der Waals surface area contributed by atoms with Gasteiger partial charge in [0.05, 0.1) is 5.56 Å². The van der Waals surface area contributed by atoms with Crippen LogP contribution in [0.2, 0.25) is 0 Å². The second-order valence-corrected chi connectivity index (χ2v) is 8.12. The Hall–Kier alpha value is -3.21. The number of hydrogen-bond acceptors (Lipinski definition) is 6. The summed E-state index contributed by atoms with van der Waals surface area (Å²) in [4.78, 5) is 29.4. The predicted molar refractivity (Wildman–Crippen MR) is 131 cm³/mol. The number of ether oxygens (including phenoxy) is 2. The first kappa shape index (κ1) is 24.4. The molecular weight excluding hydrogens is 540 g/mol. The summed E-state index contributed by atoms with van der Waals surface area (Å²) >= 11 is 2.05. The first-order valence-corrected chi connectivity index (χ1v) is 11.3. The van der Waals surface area contributed by atoms with Crippen LogP contribution in [0.4, 0.5) is 10.2 Å². The number of nitrogens with one attached hydrogen (secondary N) is 2. The van der Waals surface area contributed by atoms with E-state index in [4.69, 9.17) is 9.47 Å². The highest BCUT2D eigenvalue weighted by molar-refractivity contribution is 14.1. The summed E-state index contributed by atoms with van der Waals surface area (Å²) < 4.78 is 24.3. The van der Waals surface area contributed by atoms with E-state index in [2.05, 4.69) is 38.2 Å². The lowest BCUT2D eigenvalue weighted by Gasteiger charge is -2.16. The van der Waals surface area contributed by atoms with Crippen LogP contribution in [0.3, 0.4) is 0 Å². The number of benzene rings is 2. The quantitative estimate of drug-likeness (QED) is 0.287. The lowest BCUT2D eigenvalue weighted by atomic mass is 10.1. The number of aromatic nitrogens is 1. The zero-order valence-corrected chi connectivity index (χ0v) is 20.1. The molecule has 1 aromatic heterocycles. The Labute approximate surface area is 204 Å². The number of carbonyl (C=O) groups excluding carboxylic acids is 2. The van der Waals surface area contributed by atoms with Crippen LogP contribution < -0.4 is 15.4 Å². The maximum absolute atomic E-state index is 13.0. The molecule has 0 spiro atoms. The zero-order chi connectivity index (χ0) is 23.6. The average molecular weight is 563 g/mol. The minimum Gasteiger partial charge on any atom is -0.482 e. The number of carbonyl (C=O) groups is 2. The highest BCUT2D eigenvalue weighted by atomic mass is 127. The molecule has 0 saturated heterocycles. The second kappa shape index (κ2) is 12.1. The largest absolute Gasteiger partial charge is 0.482 e. The van der Waals surface area contributed by atoms with E-state index in [9.17, 15) is 14.0 Å². The number of esters is 1. The van der Waals surface area contributed by atoms with Crippen LogP contribution in [0.25, 0.3) is 0 Å². The van der Waals surface area contributed by atoms with Crippen LogP contribution in [-0.2, 0) is 22.6 Å². The molecule has 172 valence electrons. The van der Waals surface area contributed by atoms with Gasteiger partial charge in [0, 0.05) is 28.9 Å². The second-order valence-electron chi connectivity index (χ2n) is 6.95. The van der Waals surface area contributed by atoms with Gasteiger partial charge in [0.25, 0.3) is 5.91 Å². The summed E-state index contributed by atoms with van der Waals surface area (Å²) in [6.07, 6.45) is 2.29. The molecule has 0 aliphatic heterocycles. The number of pyridine rings is 1. The van der Waals surface area contributed by atoms with E-state index in [1.54, 1.807) is 13.2 Å². The lowest BCUT2D eigenvalue weighted by Crippen LogP contribution is -2.28. The van der Waals surface area contributed by atoms with Crippen LogP contribution in [0.1, 0.15) is 21.5 Å². The smallest absolute Gasteiger partial charge is 0.344 e. The molecule has 9 heteroatoms. The molecule has 0 fully saturated rings. The highest BCUT2D eigenvalue weighted by Crippen LogP contribution is 2.24. The fraction of sp³-hybridized carbons (Fsp3) is 0.208. The highest BCUT2D eigenvalue weighted by Gasteiger charge is 2.21. The van der Waals surface area contributed by atoms with Crippen molar-refractivity contribution < 1.29 is 23.5 Å². The zero-order valence-electron chi connectivity index (χ0n) is 17.9. The van der Waals surface area contributed by atoms with Gasteiger partial charge in [-0.05, 0) is 58.8 Å². The lowest BCUT2D eigenvalue weighted by molar-refractivity contribution is -0.147. The van der Waals surface area contributed by atoms with Crippen molar-refractivity contribution in [2.75, 3.05) is 25.5 Å². The molecule has 0 bridgehead atoms. The normalized spacial score (nSPS) is 10.4. The van der Waals surface area contributed by atoms with Gasteiger partial charge >= 0.3 is 5.97 Å². The Bertz CT molecular complexity index is 1090. The van der Waals surface area contributed by atoms with Crippen molar-refractivity contribution in [3.8, 4) is 5.75 Å². The molecule has 2 N–H and O–H groups in total. The summed E-state index contributed by atoms with van der Waals surface area (Å²) in [5, 5.41) is 5.83. The SMILES string of the molecule is CNc1ncc(I)c(COC(=O)COc2ccc(F)cc2)c1C(=O)NCCc1ccccc1. The standard InChI is InChI=1S/C24H23FIN3O4/c1-27-23-22(24(31)28-12-11-16-5-3-2-4-6-16)19(20(26)13-29-23)14-33-21(30)15-32-18-9-7-17(25)8-10-18/h2-10,13H,11-12,14-15H2,1H3,(H,27,29)(H,28,31). The van der Waals surface area contributed by atoms with Crippen molar-refractivity contribution in [2.24, 2.45) is 0 Å². The first-order valence-electron chi connectivity index (χ1n) is 10.2. The van der Waals surface area contributed by atoms with Gasteiger partial charge in [0.1, 0.15) is 24.0 Å². The van der Waals surface area contributed by atoms with Gasteiger partial charge in [-0.25, -0.2) is 14.2 Å². The summed E-state index contributed by atoms with van der Waals surface area (Å²) in [6.45, 7) is -0.0183. The van der Waals surface area contributed by atoms with Crippen molar-refractivity contribution in [1.29, 1.82) is 0 Å². The molecule has 7 nitrogen and oxygen atoms in total. The summed E-state index contributed by atoms with van der Waals surface area (Å²) in [6, 6.07) is 15.2. The third kappa shape index (κ3) is 7.14. The monoisotopic (exact) mass is 563 g/mol. The number of anilines is 1. The first-order chi connectivity index (χ1) is 16.0. The third-order valence-corrected chi connectivity index (χ3v) is 5.62. The van der Waals surface area contributed by atoms with Crippen LogP contribution in [0, 0.1) is 9.39 Å².